The number of nitrogens with one attached hydrogen (secondary N) is 1. The summed E-state index contributed by atoms with van der Waals surface area (Å²) >= 11 is 3.14. The number of hydrogen-bond donors (Lipinski definition) is 1. The third kappa shape index (κ3) is 9.84. The van der Waals surface area contributed by atoms with Crippen molar-refractivity contribution in [3.63, 3.8) is 0 Å². The molecular weight excluding hydrogens is 704 g/mol. The molecule has 3 aromatic rings. The average Bonchev–Trinajstić information content (AvgIpc) is 2.88. The van der Waals surface area contributed by atoms with Gasteiger partial charge in [0.2, 0.25) is 0 Å². The summed E-state index contributed by atoms with van der Waals surface area (Å²) in [6, 6.07) is 4.59. The number of fused-ring (bicyclic) bond motifs is 1. The number of hydrogen-bond acceptors (Lipinski definition) is 6. The van der Waals surface area contributed by atoms with E-state index in [1.54, 1.807) is 19.2 Å². The summed E-state index contributed by atoms with van der Waals surface area (Å²) in [5.41, 5.74) is -3.51. The Hall–Kier alpha value is -2.34. The number of aromatic nitrogens is 3. The maximum absolute atomic E-state index is 14.3. The van der Waals surface area contributed by atoms with Gasteiger partial charge in [-0.05, 0) is 77.0 Å². The minimum atomic E-state index is -4.94. The zero-order chi connectivity index (χ0) is 34.8. The van der Waals surface area contributed by atoms with Crippen molar-refractivity contribution in [2.75, 3.05) is 11.9 Å². The van der Waals surface area contributed by atoms with E-state index in [4.69, 9.17) is 9.16 Å². The monoisotopic (exact) mass is 748 g/mol. The fraction of sp³-hybridized carbons (Fsp3) is 0.581. The second kappa shape index (κ2) is 14.4. The summed E-state index contributed by atoms with van der Waals surface area (Å²) < 4.78 is 71.5. The van der Waals surface area contributed by atoms with Crippen molar-refractivity contribution in [3.8, 4) is 0 Å². The lowest BCUT2D eigenvalue weighted by atomic mass is 10.1. The maximum Gasteiger partial charge on any atom is 0.423 e. The Morgan fingerprint density at radius 1 is 1.07 bits per heavy atom. The zero-order valence-electron chi connectivity index (χ0n) is 27.9. The average molecular weight is 750 g/mol. The second-order valence-electron chi connectivity index (χ2n) is 14.5. The predicted octanol–water partition coefficient (Wildman–Crippen LogP) is 8.07. The van der Waals surface area contributed by atoms with Crippen LogP contribution < -0.4 is 16.4 Å². The number of anilines is 1. The molecule has 0 aliphatic rings. The number of nitrogens with zero attached hydrogens (tertiary/aromatic N) is 3. The normalized spacial score (nSPS) is 14.5. The van der Waals surface area contributed by atoms with Gasteiger partial charge in [0.05, 0.1) is 34.4 Å². The van der Waals surface area contributed by atoms with Crippen LogP contribution in [0.5, 0.6) is 0 Å². The van der Waals surface area contributed by atoms with Crippen LogP contribution in [0.25, 0.3) is 10.8 Å². The lowest BCUT2D eigenvalue weighted by Gasteiger charge is -2.40. The number of pyridine rings is 1. The van der Waals surface area contributed by atoms with Gasteiger partial charge in [-0.3, -0.25) is 9.59 Å². The Bertz CT molecular complexity index is 1650. The number of rotatable bonds is 13. The molecule has 2 aromatic heterocycles. The van der Waals surface area contributed by atoms with E-state index in [9.17, 15) is 27.2 Å². The summed E-state index contributed by atoms with van der Waals surface area (Å²) in [5, 5.41) is 7.36. The molecule has 2 heterocycles. The molecule has 46 heavy (non-hydrogen) atoms. The van der Waals surface area contributed by atoms with Gasteiger partial charge in [0, 0.05) is 26.9 Å². The molecule has 2 atom stereocenters. The third-order valence-corrected chi connectivity index (χ3v) is 15.1. The van der Waals surface area contributed by atoms with Gasteiger partial charge in [-0.25, -0.2) is 9.07 Å². The van der Waals surface area contributed by atoms with Crippen LogP contribution in [0, 0.1) is 5.82 Å². The maximum atomic E-state index is 14.3. The first-order valence-corrected chi connectivity index (χ1v) is 22.6. The quantitative estimate of drug-likeness (QED) is 0.108. The minimum absolute atomic E-state index is 0.0890. The molecule has 0 aliphatic heterocycles. The van der Waals surface area contributed by atoms with Crippen LogP contribution in [0.3, 0.4) is 0 Å². The molecule has 0 saturated carbocycles. The molecule has 0 bridgehead atoms. The molecule has 1 N–H and O–H groups in total. The highest BCUT2D eigenvalue weighted by molar-refractivity contribution is 9.10. The molecule has 2 unspecified atom stereocenters. The van der Waals surface area contributed by atoms with Crippen molar-refractivity contribution in [1.82, 2.24) is 14.3 Å². The first-order valence-electron chi connectivity index (χ1n) is 15.2. The lowest BCUT2D eigenvalue weighted by molar-refractivity contribution is -0.138. The van der Waals surface area contributed by atoms with Crippen molar-refractivity contribution >= 4 is 48.8 Å². The minimum Gasteiger partial charge on any atom is -0.412 e. The summed E-state index contributed by atoms with van der Waals surface area (Å²) in [6.45, 7) is 18.4. The van der Waals surface area contributed by atoms with Crippen molar-refractivity contribution in [1.29, 1.82) is 0 Å². The standard InChI is InChI=1S/C31H45BrF4N4O4Si2/c1-20(38-26-17-37-40(19-43-12-13-45(5,6)7)29(42)27(26)31(34,35)36)14-22(44-46(8,9)30(2,3)4)18-39-11-10-21-15-24(32)25(33)16-23(21)28(39)41/h10-11,15-17,20,22,38H,12-14,18-19H2,1-9H3. The summed E-state index contributed by atoms with van der Waals surface area (Å²) in [4.78, 5) is 26.3. The highest BCUT2D eigenvalue weighted by Gasteiger charge is 2.41. The smallest absolute Gasteiger partial charge is 0.412 e. The van der Waals surface area contributed by atoms with E-state index < -0.39 is 62.9 Å². The van der Waals surface area contributed by atoms with Crippen molar-refractivity contribution in [2.45, 2.75) is 110 Å². The molecule has 1 aromatic carbocycles. The number of benzene rings is 1. The first-order chi connectivity index (χ1) is 21.0. The van der Waals surface area contributed by atoms with Crippen molar-refractivity contribution in [3.05, 3.63) is 67.2 Å². The Kier molecular flexibility index (Phi) is 11.9. The summed E-state index contributed by atoms with van der Waals surface area (Å²) in [6.07, 6.45) is -2.74. The second-order valence-corrected chi connectivity index (χ2v) is 25.7. The highest BCUT2D eigenvalue weighted by atomic mass is 79.9. The van der Waals surface area contributed by atoms with Crippen molar-refractivity contribution < 1.29 is 26.7 Å². The Morgan fingerprint density at radius 2 is 1.72 bits per heavy atom. The molecule has 3 rings (SSSR count). The Balaban J connectivity index is 1.91. The van der Waals surface area contributed by atoms with Gasteiger partial charge in [0.25, 0.3) is 11.1 Å². The van der Waals surface area contributed by atoms with E-state index in [1.165, 1.54) is 16.7 Å². The van der Waals surface area contributed by atoms with Crippen LogP contribution in [0.2, 0.25) is 43.8 Å². The fourth-order valence-corrected chi connectivity index (χ4v) is 7.08. The third-order valence-electron chi connectivity index (χ3n) is 8.24. The highest BCUT2D eigenvalue weighted by Crippen LogP contribution is 2.38. The van der Waals surface area contributed by atoms with Gasteiger partial charge < -0.3 is 19.0 Å². The molecular formula is C31H45BrF4N4O4Si2. The molecule has 0 saturated heterocycles. The van der Waals surface area contributed by atoms with Crippen LogP contribution in [-0.4, -0.2) is 49.5 Å². The molecule has 256 valence electrons. The van der Waals surface area contributed by atoms with Gasteiger partial charge in [0.1, 0.15) is 18.1 Å². The molecule has 0 amide bonds. The molecule has 8 nitrogen and oxygen atoms in total. The Labute approximate surface area is 277 Å². The topological polar surface area (TPSA) is 87.4 Å². The molecule has 0 spiro atoms. The van der Waals surface area contributed by atoms with E-state index >= 15 is 0 Å². The zero-order valence-corrected chi connectivity index (χ0v) is 31.5. The van der Waals surface area contributed by atoms with E-state index in [1.807, 2.05) is 13.1 Å². The molecule has 0 aliphatic carbocycles. The largest absolute Gasteiger partial charge is 0.423 e. The first kappa shape index (κ1) is 38.1. The van der Waals surface area contributed by atoms with Crippen LogP contribution in [0.15, 0.2) is 44.7 Å². The van der Waals surface area contributed by atoms with E-state index in [0.29, 0.717) is 16.7 Å². The predicted molar refractivity (Wildman–Crippen MR) is 183 cm³/mol. The van der Waals surface area contributed by atoms with Gasteiger partial charge in [-0.2, -0.15) is 18.3 Å². The van der Waals surface area contributed by atoms with Crippen LogP contribution >= 0.6 is 15.9 Å². The summed E-state index contributed by atoms with van der Waals surface area (Å²) in [5.74, 6) is -0.566. The van der Waals surface area contributed by atoms with Crippen LogP contribution in [0.1, 0.15) is 39.7 Å². The number of alkyl halides is 3. The Morgan fingerprint density at radius 3 is 2.30 bits per heavy atom. The van der Waals surface area contributed by atoms with Gasteiger partial charge in [-0.15, -0.1) is 0 Å². The molecule has 0 radical (unpaired) electrons. The van der Waals surface area contributed by atoms with Gasteiger partial charge in [-0.1, -0.05) is 40.4 Å². The van der Waals surface area contributed by atoms with E-state index in [0.717, 1.165) is 12.2 Å². The molecule has 0 fully saturated rings. The van der Waals surface area contributed by atoms with Crippen molar-refractivity contribution in [2.24, 2.45) is 0 Å². The molecule has 15 heteroatoms. The van der Waals surface area contributed by atoms with Crippen LogP contribution in [0.4, 0.5) is 23.2 Å². The fourth-order valence-electron chi connectivity index (χ4n) is 4.61. The summed E-state index contributed by atoms with van der Waals surface area (Å²) in [7, 11) is -3.85. The van der Waals surface area contributed by atoms with Gasteiger partial charge in [0.15, 0.2) is 8.32 Å². The SMILES string of the molecule is CC(CC(Cn1ccc2cc(Br)c(F)cc2c1=O)O[Si](C)(C)C(C)(C)C)Nc1cnn(COCC[Si](C)(C)C)c(=O)c1C(F)(F)F. The lowest BCUT2D eigenvalue weighted by Crippen LogP contribution is -2.46. The van der Waals surface area contributed by atoms with Crippen LogP contribution in [-0.2, 0) is 28.6 Å². The van der Waals surface area contributed by atoms with E-state index in [-0.39, 0.29) is 34.6 Å². The number of halogens is 5. The number of ether oxygens (including phenoxy) is 1. The van der Waals surface area contributed by atoms with E-state index in [2.05, 4.69) is 66.8 Å². The van der Waals surface area contributed by atoms with Gasteiger partial charge >= 0.3 is 6.18 Å².